The SMILES string of the molecule is NCC(c1cncc(Br)c1)N1CCCC2CCCC21. The van der Waals surface area contributed by atoms with Crippen LogP contribution in [0, 0.1) is 5.92 Å². The largest absolute Gasteiger partial charge is 0.329 e. The Hall–Kier alpha value is -0.450. The fourth-order valence-electron chi connectivity index (χ4n) is 3.95. The summed E-state index contributed by atoms with van der Waals surface area (Å²) in [7, 11) is 0. The molecule has 4 heteroatoms. The van der Waals surface area contributed by atoms with Gasteiger partial charge in [0.15, 0.2) is 0 Å². The number of fused-ring (bicyclic) bond motifs is 1. The minimum atomic E-state index is 0.330. The van der Waals surface area contributed by atoms with Gasteiger partial charge in [-0.15, -0.1) is 0 Å². The molecule has 1 aliphatic heterocycles. The monoisotopic (exact) mass is 323 g/mol. The standard InChI is InChI=1S/C15H22BrN3/c16-13-7-12(9-18-10-13)15(8-17)19-6-2-4-11-3-1-5-14(11)19/h7,9-11,14-15H,1-6,8,17H2. The number of aromatic nitrogens is 1. The number of piperidine rings is 1. The molecule has 1 saturated carbocycles. The molecule has 2 aliphatic rings. The van der Waals surface area contributed by atoms with E-state index < -0.39 is 0 Å². The van der Waals surface area contributed by atoms with E-state index in [0.29, 0.717) is 12.6 Å². The molecule has 104 valence electrons. The molecule has 1 aliphatic carbocycles. The van der Waals surface area contributed by atoms with Gasteiger partial charge < -0.3 is 5.73 Å². The zero-order chi connectivity index (χ0) is 13.2. The highest BCUT2D eigenvalue weighted by molar-refractivity contribution is 9.10. The second-order valence-electron chi connectivity index (χ2n) is 5.83. The quantitative estimate of drug-likeness (QED) is 0.929. The van der Waals surface area contributed by atoms with Gasteiger partial charge in [-0.25, -0.2) is 0 Å². The van der Waals surface area contributed by atoms with Crippen molar-refractivity contribution in [3.63, 3.8) is 0 Å². The Morgan fingerprint density at radius 2 is 2.16 bits per heavy atom. The van der Waals surface area contributed by atoms with Crippen molar-refractivity contribution >= 4 is 15.9 Å². The highest BCUT2D eigenvalue weighted by Crippen LogP contribution is 2.40. The van der Waals surface area contributed by atoms with Crippen molar-refractivity contribution in [1.82, 2.24) is 9.88 Å². The van der Waals surface area contributed by atoms with Gasteiger partial charge in [0.1, 0.15) is 0 Å². The third kappa shape index (κ3) is 2.71. The molecule has 0 radical (unpaired) electrons. The maximum Gasteiger partial charge on any atom is 0.0489 e. The summed E-state index contributed by atoms with van der Waals surface area (Å²) in [6.07, 6.45) is 10.7. The topological polar surface area (TPSA) is 42.1 Å². The van der Waals surface area contributed by atoms with Crippen LogP contribution in [0.25, 0.3) is 0 Å². The summed E-state index contributed by atoms with van der Waals surface area (Å²) in [5, 5.41) is 0. The van der Waals surface area contributed by atoms with Crippen molar-refractivity contribution in [2.75, 3.05) is 13.1 Å². The Bertz CT molecular complexity index is 437. The van der Waals surface area contributed by atoms with Crippen molar-refractivity contribution in [1.29, 1.82) is 0 Å². The second kappa shape index (κ2) is 5.90. The van der Waals surface area contributed by atoms with Crippen molar-refractivity contribution in [2.45, 2.75) is 44.2 Å². The fourth-order valence-corrected chi connectivity index (χ4v) is 4.34. The summed E-state index contributed by atoms with van der Waals surface area (Å²) in [6, 6.07) is 3.25. The summed E-state index contributed by atoms with van der Waals surface area (Å²) >= 11 is 3.52. The Balaban J connectivity index is 1.85. The van der Waals surface area contributed by atoms with Crippen LogP contribution < -0.4 is 5.73 Å². The van der Waals surface area contributed by atoms with Crippen molar-refractivity contribution in [3.8, 4) is 0 Å². The molecular formula is C15H22BrN3. The minimum Gasteiger partial charge on any atom is -0.329 e. The summed E-state index contributed by atoms with van der Waals surface area (Å²) in [6.45, 7) is 1.87. The second-order valence-corrected chi connectivity index (χ2v) is 6.74. The van der Waals surface area contributed by atoms with Crippen LogP contribution in [0.5, 0.6) is 0 Å². The molecule has 3 rings (SSSR count). The van der Waals surface area contributed by atoms with E-state index in [9.17, 15) is 0 Å². The lowest BCUT2D eigenvalue weighted by Gasteiger charge is -2.42. The van der Waals surface area contributed by atoms with E-state index in [0.717, 1.165) is 16.4 Å². The van der Waals surface area contributed by atoms with Gasteiger partial charge >= 0.3 is 0 Å². The fraction of sp³-hybridized carbons (Fsp3) is 0.667. The number of pyridine rings is 1. The highest BCUT2D eigenvalue weighted by atomic mass is 79.9. The Morgan fingerprint density at radius 3 is 2.95 bits per heavy atom. The maximum atomic E-state index is 6.08. The van der Waals surface area contributed by atoms with Crippen LogP contribution in [-0.2, 0) is 0 Å². The Labute approximate surface area is 123 Å². The molecule has 0 amide bonds. The van der Waals surface area contributed by atoms with E-state index in [4.69, 9.17) is 5.73 Å². The van der Waals surface area contributed by atoms with Gasteiger partial charge in [-0.05, 0) is 65.7 Å². The van der Waals surface area contributed by atoms with E-state index in [-0.39, 0.29) is 0 Å². The van der Waals surface area contributed by atoms with Gasteiger partial charge in [0, 0.05) is 35.5 Å². The average Bonchev–Trinajstić information content (AvgIpc) is 2.89. The first-order valence-electron chi connectivity index (χ1n) is 7.36. The Kier molecular flexibility index (Phi) is 4.20. The molecule has 0 aromatic carbocycles. The molecule has 3 unspecified atom stereocenters. The van der Waals surface area contributed by atoms with E-state index in [2.05, 4.69) is 31.9 Å². The molecule has 0 spiro atoms. The van der Waals surface area contributed by atoms with E-state index in [1.807, 2.05) is 12.4 Å². The molecule has 1 aromatic heterocycles. The molecule has 1 aromatic rings. The minimum absolute atomic E-state index is 0.330. The predicted octanol–water partition coefficient (Wildman–Crippen LogP) is 3.11. The third-order valence-corrected chi connectivity index (χ3v) is 5.20. The predicted molar refractivity (Wildman–Crippen MR) is 80.8 cm³/mol. The number of likely N-dealkylation sites (tertiary alicyclic amines) is 1. The molecule has 2 heterocycles. The van der Waals surface area contributed by atoms with Crippen LogP contribution in [-0.4, -0.2) is 29.0 Å². The first-order chi connectivity index (χ1) is 9.29. The maximum absolute atomic E-state index is 6.08. The lowest BCUT2D eigenvalue weighted by Crippen LogP contribution is -2.46. The molecule has 2 N–H and O–H groups in total. The van der Waals surface area contributed by atoms with Gasteiger partial charge in [0.05, 0.1) is 0 Å². The van der Waals surface area contributed by atoms with Crippen LogP contribution in [0.1, 0.15) is 43.7 Å². The summed E-state index contributed by atoms with van der Waals surface area (Å²) < 4.78 is 1.04. The molecule has 19 heavy (non-hydrogen) atoms. The first kappa shape index (κ1) is 13.5. The molecule has 1 saturated heterocycles. The molecule has 3 atom stereocenters. The zero-order valence-electron chi connectivity index (χ0n) is 11.3. The van der Waals surface area contributed by atoms with Gasteiger partial charge in [0.25, 0.3) is 0 Å². The van der Waals surface area contributed by atoms with E-state index in [1.165, 1.54) is 44.2 Å². The van der Waals surface area contributed by atoms with Gasteiger partial charge in [-0.2, -0.15) is 0 Å². The van der Waals surface area contributed by atoms with Crippen LogP contribution in [0.15, 0.2) is 22.9 Å². The number of nitrogens with zero attached hydrogens (tertiary/aromatic N) is 2. The number of rotatable bonds is 3. The summed E-state index contributed by atoms with van der Waals surface area (Å²) in [5.74, 6) is 0.905. The van der Waals surface area contributed by atoms with Gasteiger partial charge in [0.2, 0.25) is 0 Å². The Morgan fingerprint density at radius 1 is 1.32 bits per heavy atom. The molecular weight excluding hydrogens is 302 g/mol. The smallest absolute Gasteiger partial charge is 0.0489 e. The average molecular weight is 324 g/mol. The van der Waals surface area contributed by atoms with E-state index >= 15 is 0 Å². The first-order valence-corrected chi connectivity index (χ1v) is 8.15. The van der Waals surface area contributed by atoms with Crippen LogP contribution in [0.3, 0.4) is 0 Å². The molecule has 0 bridgehead atoms. The van der Waals surface area contributed by atoms with Gasteiger partial charge in [-0.1, -0.05) is 6.42 Å². The van der Waals surface area contributed by atoms with Crippen molar-refractivity contribution in [2.24, 2.45) is 11.7 Å². The summed E-state index contributed by atoms with van der Waals surface area (Å²) in [5.41, 5.74) is 7.34. The van der Waals surface area contributed by atoms with Crippen LogP contribution in [0.4, 0.5) is 0 Å². The van der Waals surface area contributed by atoms with Crippen molar-refractivity contribution in [3.05, 3.63) is 28.5 Å². The third-order valence-electron chi connectivity index (χ3n) is 4.77. The van der Waals surface area contributed by atoms with Crippen LogP contribution >= 0.6 is 15.9 Å². The number of hydrogen-bond donors (Lipinski definition) is 1. The molecule has 3 nitrogen and oxygen atoms in total. The van der Waals surface area contributed by atoms with Gasteiger partial charge in [-0.3, -0.25) is 9.88 Å². The zero-order valence-corrected chi connectivity index (χ0v) is 12.8. The summed E-state index contributed by atoms with van der Waals surface area (Å²) in [4.78, 5) is 6.96. The lowest BCUT2D eigenvalue weighted by atomic mass is 9.89. The number of nitrogens with two attached hydrogens (primary N) is 1. The molecule has 2 fully saturated rings. The lowest BCUT2D eigenvalue weighted by molar-refractivity contribution is 0.0700. The number of hydrogen-bond acceptors (Lipinski definition) is 3. The van der Waals surface area contributed by atoms with E-state index in [1.54, 1.807) is 0 Å². The highest BCUT2D eigenvalue weighted by Gasteiger charge is 2.38. The number of halogens is 1. The normalized spacial score (nSPS) is 29.2. The van der Waals surface area contributed by atoms with Crippen LogP contribution in [0.2, 0.25) is 0 Å². The van der Waals surface area contributed by atoms with Crippen molar-refractivity contribution < 1.29 is 0 Å².